The van der Waals surface area contributed by atoms with Gasteiger partial charge >= 0.3 is 6.09 Å². The van der Waals surface area contributed by atoms with E-state index in [4.69, 9.17) is 4.74 Å². The van der Waals surface area contributed by atoms with Crippen LogP contribution in [0.2, 0.25) is 0 Å². The number of pyridine rings is 1. The molecule has 1 aromatic carbocycles. The lowest BCUT2D eigenvalue weighted by molar-refractivity contribution is -0.119. The quantitative estimate of drug-likeness (QED) is 0.908. The Morgan fingerprint density at radius 1 is 1.24 bits per heavy atom. The summed E-state index contributed by atoms with van der Waals surface area (Å²) >= 11 is 0. The smallest absolute Gasteiger partial charge is 0.410 e. The highest BCUT2D eigenvalue weighted by Crippen LogP contribution is 2.24. The van der Waals surface area contributed by atoms with E-state index in [2.05, 4.69) is 10.3 Å². The summed E-state index contributed by atoms with van der Waals surface area (Å²) in [6, 6.07) is 9.46. The van der Waals surface area contributed by atoms with Crippen LogP contribution < -0.4 is 5.32 Å². The number of nitrogens with one attached hydrogen (secondary N) is 1. The number of benzene rings is 1. The van der Waals surface area contributed by atoms with Gasteiger partial charge in [0.05, 0.1) is 17.1 Å². The molecule has 2 amide bonds. The summed E-state index contributed by atoms with van der Waals surface area (Å²) in [5.41, 5.74) is 1.04. The van der Waals surface area contributed by atoms with Crippen LogP contribution in [0.4, 0.5) is 10.5 Å². The van der Waals surface area contributed by atoms with Crippen LogP contribution in [0.3, 0.4) is 0 Å². The first kappa shape index (κ1) is 17.2. The van der Waals surface area contributed by atoms with Gasteiger partial charge in [-0.05, 0) is 39.3 Å². The van der Waals surface area contributed by atoms with Crippen molar-refractivity contribution in [3.63, 3.8) is 0 Å². The fourth-order valence-electron chi connectivity index (χ4n) is 2.91. The molecular weight excluding hydrogens is 318 g/mol. The molecule has 0 radical (unpaired) electrons. The number of anilines is 1. The van der Waals surface area contributed by atoms with Crippen molar-refractivity contribution < 1.29 is 14.3 Å². The Balaban J connectivity index is 1.65. The van der Waals surface area contributed by atoms with Gasteiger partial charge in [0.1, 0.15) is 5.60 Å². The number of aromatic nitrogens is 1. The van der Waals surface area contributed by atoms with E-state index in [0.29, 0.717) is 19.5 Å². The third-order valence-electron chi connectivity index (χ3n) is 4.12. The van der Waals surface area contributed by atoms with Gasteiger partial charge in [-0.25, -0.2) is 4.79 Å². The van der Waals surface area contributed by atoms with E-state index in [-0.39, 0.29) is 17.9 Å². The number of nitrogens with zero attached hydrogens (tertiary/aromatic N) is 2. The van der Waals surface area contributed by atoms with E-state index in [1.807, 2.05) is 45.0 Å². The summed E-state index contributed by atoms with van der Waals surface area (Å²) in [7, 11) is 0. The molecule has 3 rings (SSSR count). The Kier molecular flexibility index (Phi) is 4.61. The Labute approximate surface area is 147 Å². The minimum absolute atomic E-state index is 0.0811. The zero-order valence-electron chi connectivity index (χ0n) is 14.8. The molecule has 2 heterocycles. The standard InChI is InChI=1S/C19H23N3O3/c1-19(2,3)25-18(24)22-11-9-13(12-22)17(23)21-16-8-10-20-15-7-5-4-6-14(15)16/h4-8,10,13H,9,11-12H2,1-3H3,(H,20,21,23)/t13-/m0/s1. The van der Waals surface area contributed by atoms with Crippen molar-refractivity contribution in [1.29, 1.82) is 0 Å². The van der Waals surface area contributed by atoms with Gasteiger partial charge in [-0.2, -0.15) is 0 Å². The van der Waals surface area contributed by atoms with Crippen molar-refractivity contribution in [1.82, 2.24) is 9.88 Å². The zero-order valence-corrected chi connectivity index (χ0v) is 14.8. The van der Waals surface area contributed by atoms with Gasteiger partial charge in [0.15, 0.2) is 0 Å². The summed E-state index contributed by atoms with van der Waals surface area (Å²) in [6.45, 7) is 6.41. The Morgan fingerprint density at radius 3 is 2.76 bits per heavy atom. The van der Waals surface area contributed by atoms with E-state index in [1.165, 1.54) is 0 Å². The summed E-state index contributed by atoms with van der Waals surface area (Å²) < 4.78 is 5.37. The highest BCUT2D eigenvalue weighted by molar-refractivity contribution is 6.01. The number of para-hydroxylation sites is 1. The topological polar surface area (TPSA) is 71.5 Å². The van der Waals surface area contributed by atoms with Crippen LogP contribution in [0.25, 0.3) is 10.9 Å². The van der Waals surface area contributed by atoms with Crippen LogP contribution in [0, 0.1) is 5.92 Å². The summed E-state index contributed by atoms with van der Waals surface area (Å²) in [6.07, 6.45) is 1.95. The second-order valence-corrected chi connectivity index (χ2v) is 7.28. The molecule has 132 valence electrons. The third-order valence-corrected chi connectivity index (χ3v) is 4.12. The zero-order chi connectivity index (χ0) is 18.0. The molecule has 6 heteroatoms. The van der Waals surface area contributed by atoms with Crippen molar-refractivity contribution in [2.45, 2.75) is 32.8 Å². The number of carbonyl (C=O) groups is 2. The van der Waals surface area contributed by atoms with Gasteiger partial charge in [0, 0.05) is 24.7 Å². The van der Waals surface area contributed by atoms with E-state index in [9.17, 15) is 9.59 Å². The molecule has 6 nitrogen and oxygen atoms in total. The third kappa shape index (κ3) is 4.07. The first-order valence-corrected chi connectivity index (χ1v) is 8.46. The van der Waals surface area contributed by atoms with Crippen LogP contribution in [0.1, 0.15) is 27.2 Å². The number of rotatable bonds is 2. The SMILES string of the molecule is CC(C)(C)OC(=O)N1CC[C@H](C(=O)Nc2ccnc3ccccc23)C1. The molecule has 0 saturated carbocycles. The van der Waals surface area contributed by atoms with E-state index in [0.717, 1.165) is 16.6 Å². The molecule has 1 atom stereocenters. The molecule has 0 bridgehead atoms. The van der Waals surface area contributed by atoms with E-state index >= 15 is 0 Å². The first-order chi connectivity index (χ1) is 11.8. The number of likely N-dealkylation sites (tertiary alicyclic amines) is 1. The van der Waals surface area contributed by atoms with Crippen molar-refractivity contribution in [2.24, 2.45) is 5.92 Å². The van der Waals surface area contributed by atoms with Gasteiger partial charge < -0.3 is 15.0 Å². The average Bonchev–Trinajstić information content (AvgIpc) is 3.04. The monoisotopic (exact) mass is 341 g/mol. The Bertz CT molecular complexity index is 793. The van der Waals surface area contributed by atoms with Crippen molar-refractivity contribution >= 4 is 28.6 Å². The molecule has 1 fully saturated rings. The molecule has 0 aliphatic carbocycles. The largest absolute Gasteiger partial charge is 0.444 e. The minimum Gasteiger partial charge on any atom is -0.444 e. The van der Waals surface area contributed by atoms with Crippen LogP contribution in [-0.4, -0.2) is 40.6 Å². The number of hydrogen-bond donors (Lipinski definition) is 1. The lowest BCUT2D eigenvalue weighted by Crippen LogP contribution is -2.36. The molecule has 25 heavy (non-hydrogen) atoms. The first-order valence-electron chi connectivity index (χ1n) is 8.46. The minimum atomic E-state index is -0.534. The molecule has 1 aromatic heterocycles. The van der Waals surface area contributed by atoms with Gasteiger partial charge in [0.25, 0.3) is 0 Å². The highest BCUT2D eigenvalue weighted by atomic mass is 16.6. The fourth-order valence-corrected chi connectivity index (χ4v) is 2.91. The molecule has 1 saturated heterocycles. The molecule has 0 unspecified atom stereocenters. The number of amides is 2. The second-order valence-electron chi connectivity index (χ2n) is 7.28. The van der Waals surface area contributed by atoms with Gasteiger partial charge in [-0.15, -0.1) is 0 Å². The predicted octanol–water partition coefficient (Wildman–Crippen LogP) is 3.43. The van der Waals surface area contributed by atoms with Crippen LogP contribution >= 0.6 is 0 Å². The molecule has 0 spiro atoms. The maximum absolute atomic E-state index is 12.6. The fraction of sp³-hybridized carbons (Fsp3) is 0.421. The molecule has 1 N–H and O–H groups in total. The van der Waals surface area contributed by atoms with Crippen LogP contribution in [0.5, 0.6) is 0 Å². The molecule has 1 aliphatic heterocycles. The highest BCUT2D eigenvalue weighted by Gasteiger charge is 2.33. The number of fused-ring (bicyclic) bond motifs is 1. The maximum Gasteiger partial charge on any atom is 0.410 e. The average molecular weight is 341 g/mol. The van der Waals surface area contributed by atoms with E-state index < -0.39 is 5.60 Å². The summed E-state index contributed by atoms with van der Waals surface area (Å²) in [5.74, 6) is -0.318. The van der Waals surface area contributed by atoms with Gasteiger partial charge in [-0.1, -0.05) is 18.2 Å². The van der Waals surface area contributed by atoms with Crippen LogP contribution in [0.15, 0.2) is 36.5 Å². The van der Waals surface area contributed by atoms with Gasteiger partial charge in [0.2, 0.25) is 5.91 Å². The van der Waals surface area contributed by atoms with E-state index in [1.54, 1.807) is 17.2 Å². The normalized spacial score (nSPS) is 17.6. The Hall–Kier alpha value is -2.63. The van der Waals surface area contributed by atoms with Crippen LogP contribution in [-0.2, 0) is 9.53 Å². The summed E-state index contributed by atoms with van der Waals surface area (Å²) in [5, 5.41) is 3.88. The lowest BCUT2D eigenvalue weighted by Gasteiger charge is -2.24. The molecule has 1 aliphatic rings. The van der Waals surface area contributed by atoms with Gasteiger partial charge in [-0.3, -0.25) is 9.78 Å². The van der Waals surface area contributed by atoms with Crippen molar-refractivity contribution in [2.75, 3.05) is 18.4 Å². The maximum atomic E-state index is 12.6. The summed E-state index contributed by atoms with van der Waals surface area (Å²) in [4.78, 5) is 30.6. The number of carbonyl (C=O) groups excluding carboxylic acids is 2. The lowest BCUT2D eigenvalue weighted by atomic mass is 10.1. The second kappa shape index (κ2) is 6.70. The number of hydrogen-bond acceptors (Lipinski definition) is 4. The molecular formula is C19H23N3O3. The van der Waals surface area contributed by atoms with Crippen molar-refractivity contribution in [3.05, 3.63) is 36.5 Å². The van der Waals surface area contributed by atoms with Crippen molar-refractivity contribution in [3.8, 4) is 0 Å². The number of ether oxygens (including phenoxy) is 1. The predicted molar refractivity (Wildman–Crippen MR) is 96.3 cm³/mol. The Morgan fingerprint density at radius 2 is 2.00 bits per heavy atom. The molecule has 2 aromatic rings.